The molecule has 0 amide bonds. The Morgan fingerprint density at radius 2 is 2.15 bits per heavy atom. The minimum absolute atomic E-state index is 0.133. The van der Waals surface area contributed by atoms with Crippen LogP contribution in [0.5, 0.6) is 0 Å². The summed E-state index contributed by atoms with van der Waals surface area (Å²) < 4.78 is 14.2. The zero-order valence-corrected chi connectivity index (χ0v) is 11.6. The summed E-state index contributed by atoms with van der Waals surface area (Å²) in [6.07, 6.45) is 5.22. The minimum atomic E-state index is -0.321. The molecule has 1 atom stereocenters. The van der Waals surface area contributed by atoms with Crippen LogP contribution in [0.15, 0.2) is 30.6 Å². The highest BCUT2D eigenvalue weighted by Crippen LogP contribution is 2.32. The predicted octanol–water partition coefficient (Wildman–Crippen LogP) is 3.67. The van der Waals surface area contributed by atoms with Crippen molar-refractivity contribution in [2.45, 2.75) is 38.6 Å². The third-order valence-electron chi connectivity index (χ3n) is 3.88. The lowest BCUT2D eigenvalue weighted by atomic mass is 9.88. The molecular weight excluding hydrogens is 253 g/mol. The van der Waals surface area contributed by atoms with Crippen molar-refractivity contribution >= 4 is 5.82 Å². The molecule has 1 aromatic carbocycles. The molecule has 104 valence electrons. The van der Waals surface area contributed by atoms with Gasteiger partial charge in [0.2, 0.25) is 0 Å². The molecule has 1 aliphatic carbocycles. The second-order valence-electron chi connectivity index (χ2n) is 5.12. The number of aromatic nitrogens is 2. The number of hydrogen-bond acceptors (Lipinski definition) is 3. The lowest BCUT2D eigenvalue weighted by Gasteiger charge is -2.27. The van der Waals surface area contributed by atoms with E-state index in [0.29, 0.717) is 17.9 Å². The van der Waals surface area contributed by atoms with Crippen LogP contribution in [0.25, 0.3) is 0 Å². The lowest BCUT2D eigenvalue weighted by molar-refractivity contribution is 0.570. The van der Waals surface area contributed by atoms with Crippen molar-refractivity contribution in [2.24, 2.45) is 0 Å². The highest BCUT2D eigenvalue weighted by molar-refractivity contribution is 5.43. The van der Waals surface area contributed by atoms with E-state index in [1.807, 2.05) is 13.0 Å². The molecule has 20 heavy (non-hydrogen) atoms. The zero-order chi connectivity index (χ0) is 13.9. The topological polar surface area (TPSA) is 37.8 Å². The average molecular weight is 271 g/mol. The number of anilines is 1. The monoisotopic (exact) mass is 271 g/mol. The molecular formula is C16H18FN3. The Morgan fingerprint density at radius 3 is 3.00 bits per heavy atom. The summed E-state index contributed by atoms with van der Waals surface area (Å²) >= 11 is 0. The minimum Gasteiger partial charge on any atom is -0.361 e. The predicted molar refractivity (Wildman–Crippen MR) is 77.1 cm³/mol. The average Bonchev–Trinajstić information content (AvgIpc) is 2.50. The van der Waals surface area contributed by atoms with Crippen LogP contribution in [0.4, 0.5) is 10.2 Å². The van der Waals surface area contributed by atoms with Crippen molar-refractivity contribution in [3.8, 4) is 0 Å². The largest absolute Gasteiger partial charge is 0.361 e. The number of nitrogens with zero attached hydrogens (tertiary/aromatic N) is 2. The van der Waals surface area contributed by atoms with E-state index in [4.69, 9.17) is 0 Å². The molecule has 0 radical (unpaired) electrons. The first-order valence-electron chi connectivity index (χ1n) is 7.13. The fourth-order valence-electron chi connectivity index (χ4n) is 2.82. The molecule has 1 aliphatic rings. The molecule has 0 saturated carbocycles. The van der Waals surface area contributed by atoms with E-state index in [1.54, 1.807) is 0 Å². The number of fused-ring (bicyclic) bond motifs is 1. The van der Waals surface area contributed by atoms with Gasteiger partial charge in [0.25, 0.3) is 0 Å². The van der Waals surface area contributed by atoms with Crippen LogP contribution in [0.3, 0.4) is 0 Å². The standard InChI is InChI=1S/C16H18FN3/c1-2-13-15(17)16(19-10-18-13)20-14-9-5-7-11-6-3-4-8-12(11)14/h3-4,6,8,10,14H,2,5,7,9H2,1H3,(H,18,19,20). The van der Waals surface area contributed by atoms with Gasteiger partial charge in [-0.1, -0.05) is 31.2 Å². The number of halogens is 1. The normalized spacial score (nSPS) is 17.6. The van der Waals surface area contributed by atoms with E-state index in [2.05, 4.69) is 33.5 Å². The SMILES string of the molecule is CCc1ncnc(NC2CCCc3ccccc32)c1F. The van der Waals surface area contributed by atoms with Crippen molar-refractivity contribution in [1.82, 2.24) is 9.97 Å². The molecule has 0 saturated heterocycles. The van der Waals surface area contributed by atoms with E-state index in [1.165, 1.54) is 17.5 Å². The fourth-order valence-corrected chi connectivity index (χ4v) is 2.82. The molecule has 1 aromatic heterocycles. The van der Waals surface area contributed by atoms with Crippen LogP contribution in [0.1, 0.15) is 42.6 Å². The third-order valence-corrected chi connectivity index (χ3v) is 3.88. The van der Waals surface area contributed by atoms with Crippen molar-refractivity contribution in [2.75, 3.05) is 5.32 Å². The number of rotatable bonds is 3. The van der Waals surface area contributed by atoms with Gasteiger partial charge in [-0.25, -0.2) is 14.4 Å². The maximum Gasteiger partial charge on any atom is 0.186 e. The van der Waals surface area contributed by atoms with Gasteiger partial charge in [-0.05, 0) is 36.8 Å². The van der Waals surface area contributed by atoms with E-state index >= 15 is 0 Å². The first kappa shape index (κ1) is 13.0. The van der Waals surface area contributed by atoms with Gasteiger partial charge in [-0.2, -0.15) is 0 Å². The summed E-state index contributed by atoms with van der Waals surface area (Å²) in [7, 11) is 0. The van der Waals surface area contributed by atoms with Crippen molar-refractivity contribution < 1.29 is 4.39 Å². The Balaban J connectivity index is 1.90. The van der Waals surface area contributed by atoms with Crippen LogP contribution in [-0.4, -0.2) is 9.97 Å². The smallest absolute Gasteiger partial charge is 0.186 e. The number of aryl methyl sites for hydroxylation is 2. The van der Waals surface area contributed by atoms with Gasteiger partial charge in [-0.3, -0.25) is 0 Å². The highest BCUT2D eigenvalue weighted by atomic mass is 19.1. The van der Waals surface area contributed by atoms with Gasteiger partial charge in [0.1, 0.15) is 6.33 Å². The van der Waals surface area contributed by atoms with Crippen molar-refractivity contribution in [3.63, 3.8) is 0 Å². The second kappa shape index (κ2) is 5.57. The number of nitrogens with one attached hydrogen (secondary N) is 1. The van der Waals surface area contributed by atoms with Crippen LogP contribution < -0.4 is 5.32 Å². The molecule has 0 spiro atoms. The molecule has 3 rings (SSSR count). The van der Waals surface area contributed by atoms with Crippen molar-refractivity contribution in [3.05, 3.63) is 53.2 Å². The summed E-state index contributed by atoms with van der Waals surface area (Å²) in [6.45, 7) is 1.89. The summed E-state index contributed by atoms with van der Waals surface area (Å²) in [4.78, 5) is 8.03. The molecule has 0 aliphatic heterocycles. The molecule has 1 unspecified atom stereocenters. The van der Waals surface area contributed by atoms with E-state index in [-0.39, 0.29) is 11.9 Å². The number of hydrogen-bond donors (Lipinski definition) is 1. The molecule has 2 aromatic rings. The van der Waals surface area contributed by atoms with Crippen LogP contribution >= 0.6 is 0 Å². The molecule has 1 N–H and O–H groups in total. The van der Waals surface area contributed by atoms with Gasteiger partial charge >= 0.3 is 0 Å². The maximum absolute atomic E-state index is 14.2. The van der Waals surface area contributed by atoms with Gasteiger partial charge in [0.05, 0.1) is 11.7 Å². The molecule has 4 heteroatoms. The summed E-state index contributed by atoms with van der Waals surface area (Å²) in [6, 6.07) is 8.49. The molecule has 3 nitrogen and oxygen atoms in total. The highest BCUT2D eigenvalue weighted by Gasteiger charge is 2.21. The molecule has 0 bridgehead atoms. The Bertz CT molecular complexity index is 612. The van der Waals surface area contributed by atoms with E-state index in [0.717, 1.165) is 19.3 Å². The summed E-state index contributed by atoms with van der Waals surface area (Å²) in [5, 5.41) is 3.25. The Kier molecular flexibility index (Phi) is 3.63. The van der Waals surface area contributed by atoms with Gasteiger partial charge < -0.3 is 5.32 Å². The third kappa shape index (κ3) is 2.38. The van der Waals surface area contributed by atoms with Crippen molar-refractivity contribution in [1.29, 1.82) is 0 Å². The van der Waals surface area contributed by atoms with E-state index < -0.39 is 0 Å². The Morgan fingerprint density at radius 1 is 1.30 bits per heavy atom. The number of benzene rings is 1. The van der Waals surface area contributed by atoms with Gasteiger partial charge in [0.15, 0.2) is 11.6 Å². The Hall–Kier alpha value is -1.97. The Labute approximate surface area is 118 Å². The van der Waals surface area contributed by atoms with Crippen LogP contribution in [0, 0.1) is 5.82 Å². The summed E-state index contributed by atoms with van der Waals surface area (Å²) in [5.41, 5.74) is 3.07. The van der Waals surface area contributed by atoms with Gasteiger partial charge in [-0.15, -0.1) is 0 Å². The fraction of sp³-hybridized carbons (Fsp3) is 0.375. The maximum atomic E-state index is 14.2. The summed E-state index contributed by atoms with van der Waals surface area (Å²) in [5.74, 6) is -0.00314. The zero-order valence-electron chi connectivity index (χ0n) is 11.6. The first-order valence-corrected chi connectivity index (χ1v) is 7.13. The molecule has 1 heterocycles. The quantitative estimate of drug-likeness (QED) is 0.925. The first-order chi connectivity index (χ1) is 9.79. The van der Waals surface area contributed by atoms with Crippen LogP contribution in [0.2, 0.25) is 0 Å². The van der Waals surface area contributed by atoms with Crippen LogP contribution in [-0.2, 0) is 12.8 Å². The van der Waals surface area contributed by atoms with Gasteiger partial charge in [0, 0.05) is 0 Å². The lowest BCUT2D eigenvalue weighted by Crippen LogP contribution is -2.19. The molecule has 0 fully saturated rings. The van der Waals surface area contributed by atoms with E-state index in [9.17, 15) is 4.39 Å². The second-order valence-corrected chi connectivity index (χ2v) is 5.12.